The number of sulfone groups is 1. The SMILES string of the molecule is CCN(C(=O)c1csc(Cl)c1)C(C)CS(C)(=O)=O. The number of amides is 1. The van der Waals surface area contributed by atoms with Crippen molar-refractivity contribution in [1.29, 1.82) is 0 Å². The molecule has 1 heterocycles. The minimum Gasteiger partial charge on any atom is -0.335 e. The monoisotopic (exact) mass is 309 g/mol. The molecule has 0 aliphatic rings. The predicted octanol–water partition coefficient (Wildman–Crippen LogP) is 2.30. The summed E-state index contributed by atoms with van der Waals surface area (Å²) >= 11 is 7.08. The number of halogens is 1. The number of rotatable bonds is 5. The zero-order chi connectivity index (χ0) is 13.9. The van der Waals surface area contributed by atoms with Crippen LogP contribution in [0.2, 0.25) is 4.34 Å². The lowest BCUT2D eigenvalue weighted by atomic mass is 10.2. The Labute approximate surface area is 116 Å². The van der Waals surface area contributed by atoms with Crippen LogP contribution in [0.25, 0.3) is 0 Å². The van der Waals surface area contributed by atoms with E-state index in [9.17, 15) is 13.2 Å². The number of thiophene rings is 1. The van der Waals surface area contributed by atoms with E-state index in [1.165, 1.54) is 17.6 Å². The van der Waals surface area contributed by atoms with Crippen molar-refractivity contribution in [2.75, 3.05) is 18.6 Å². The smallest absolute Gasteiger partial charge is 0.255 e. The van der Waals surface area contributed by atoms with Crippen molar-refractivity contribution in [3.8, 4) is 0 Å². The van der Waals surface area contributed by atoms with Gasteiger partial charge in [-0.05, 0) is 19.9 Å². The summed E-state index contributed by atoms with van der Waals surface area (Å²) < 4.78 is 23.1. The maximum absolute atomic E-state index is 12.2. The summed E-state index contributed by atoms with van der Waals surface area (Å²) in [6.45, 7) is 4.02. The lowest BCUT2D eigenvalue weighted by Crippen LogP contribution is -2.42. The van der Waals surface area contributed by atoms with E-state index in [1.54, 1.807) is 23.3 Å². The molecule has 1 aromatic rings. The molecule has 18 heavy (non-hydrogen) atoms. The molecule has 1 amide bonds. The van der Waals surface area contributed by atoms with E-state index in [0.717, 1.165) is 0 Å². The second kappa shape index (κ2) is 6.04. The first-order chi connectivity index (χ1) is 8.24. The Morgan fingerprint density at radius 2 is 2.17 bits per heavy atom. The topological polar surface area (TPSA) is 54.5 Å². The molecule has 0 saturated heterocycles. The lowest BCUT2D eigenvalue weighted by molar-refractivity contribution is 0.0720. The number of hydrogen-bond donors (Lipinski definition) is 0. The van der Waals surface area contributed by atoms with Crippen LogP contribution in [0, 0.1) is 0 Å². The maximum Gasteiger partial charge on any atom is 0.255 e. The number of carbonyl (C=O) groups excluding carboxylic acids is 1. The second-order valence-electron chi connectivity index (χ2n) is 4.17. The average molecular weight is 310 g/mol. The molecule has 1 atom stereocenters. The minimum absolute atomic E-state index is 0.0373. The molecule has 1 aromatic heterocycles. The molecule has 0 spiro atoms. The van der Waals surface area contributed by atoms with Gasteiger partial charge >= 0.3 is 0 Å². The van der Waals surface area contributed by atoms with Gasteiger partial charge in [-0.1, -0.05) is 11.6 Å². The Hall–Kier alpha value is -0.590. The van der Waals surface area contributed by atoms with Gasteiger partial charge in [0.25, 0.3) is 5.91 Å². The van der Waals surface area contributed by atoms with E-state index in [2.05, 4.69) is 0 Å². The third-order valence-electron chi connectivity index (χ3n) is 2.49. The van der Waals surface area contributed by atoms with E-state index >= 15 is 0 Å². The molecule has 102 valence electrons. The molecule has 1 unspecified atom stereocenters. The highest BCUT2D eigenvalue weighted by Gasteiger charge is 2.23. The zero-order valence-electron chi connectivity index (χ0n) is 10.5. The number of hydrogen-bond acceptors (Lipinski definition) is 4. The summed E-state index contributed by atoms with van der Waals surface area (Å²) in [7, 11) is -3.11. The molecule has 0 bridgehead atoms. The van der Waals surface area contributed by atoms with Gasteiger partial charge in [-0.15, -0.1) is 11.3 Å². The van der Waals surface area contributed by atoms with Crippen molar-refractivity contribution in [2.45, 2.75) is 19.9 Å². The normalized spacial score (nSPS) is 13.3. The van der Waals surface area contributed by atoms with Crippen molar-refractivity contribution in [2.24, 2.45) is 0 Å². The van der Waals surface area contributed by atoms with Gasteiger partial charge in [0, 0.05) is 24.2 Å². The third-order valence-corrected chi connectivity index (χ3v) is 4.67. The van der Waals surface area contributed by atoms with Crippen molar-refractivity contribution in [1.82, 2.24) is 4.90 Å². The quantitative estimate of drug-likeness (QED) is 0.838. The molecular weight excluding hydrogens is 294 g/mol. The van der Waals surface area contributed by atoms with Crippen LogP contribution in [-0.2, 0) is 9.84 Å². The fourth-order valence-electron chi connectivity index (χ4n) is 1.77. The molecule has 4 nitrogen and oxygen atoms in total. The van der Waals surface area contributed by atoms with Gasteiger partial charge in [0.15, 0.2) is 0 Å². The summed E-state index contributed by atoms with van der Waals surface area (Å²) in [4.78, 5) is 13.7. The van der Waals surface area contributed by atoms with Crippen LogP contribution in [0.5, 0.6) is 0 Å². The van der Waals surface area contributed by atoms with Gasteiger partial charge in [0.2, 0.25) is 0 Å². The van der Waals surface area contributed by atoms with Crippen LogP contribution in [0.1, 0.15) is 24.2 Å². The van der Waals surface area contributed by atoms with E-state index < -0.39 is 9.84 Å². The Bertz CT molecular complexity index is 524. The largest absolute Gasteiger partial charge is 0.335 e. The van der Waals surface area contributed by atoms with Crippen LogP contribution in [0.3, 0.4) is 0 Å². The minimum atomic E-state index is -3.11. The highest BCUT2D eigenvalue weighted by Crippen LogP contribution is 2.21. The second-order valence-corrected chi connectivity index (χ2v) is 7.90. The van der Waals surface area contributed by atoms with Crippen molar-refractivity contribution in [3.63, 3.8) is 0 Å². The fraction of sp³-hybridized carbons (Fsp3) is 0.545. The number of nitrogens with zero attached hydrogens (tertiary/aromatic N) is 1. The average Bonchev–Trinajstić information content (AvgIpc) is 2.63. The van der Waals surface area contributed by atoms with Crippen molar-refractivity contribution < 1.29 is 13.2 Å². The summed E-state index contributed by atoms with van der Waals surface area (Å²) in [5.74, 6) is -0.221. The van der Waals surface area contributed by atoms with Gasteiger partial charge in [-0.2, -0.15) is 0 Å². The van der Waals surface area contributed by atoms with Crippen LogP contribution in [-0.4, -0.2) is 43.8 Å². The Morgan fingerprint density at radius 1 is 1.56 bits per heavy atom. The highest BCUT2D eigenvalue weighted by atomic mass is 35.5. The molecule has 7 heteroatoms. The summed E-state index contributed by atoms with van der Waals surface area (Å²) in [6, 6.07) is 1.25. The van der Waals surface area contributed by atoms with Crippen molar-refractivity contribution >= 4 is 38.7 Å². The fourth-order valence-corrected chi connectivity index (χ4v) is 3.68. The van der Waals surface area contributed by atoms with Crippen LogP contribution >= 0.6 is 22.9 Å². The first-order valence-electron chi connectivity index (χ1n) is 5.47. The molecule has 0 aliphatic carbocycles. The molecular formula is C11H16ClNO3S2. The standard InChI is InChI=1S/C11H16ClNO3S2/c1-4-13(8(2)7-18(3,15)16)11(14)9-5-10(12)17-6-9/h5-6,8H,4,7H2,1-3H3. The molecule has 0 aromatic carbocycles. The maximum atomic E-state index is 12.2. The highest BCUT2D eigenvalue weighted by molar-refractivity contribution is 7.90. The molecule has 1 rings (SSSR count). The van der Waals surface area contributed by atoms with Gasteiger partial charge in [0.05, 0.1) is 15.7 Å². The van der Waals surface area contributed by atoms with E-state index in [-0.39, 0.29) is 17.7 Å². The molecule has 0 N–H and O–H groups in total. The van der Waals surface area contributed by atoms with E-state index in [4.69, 9.17) is 11.6 Å². The lowest BCUT2D eigenvalue weighted by Gasteiger charge is -2.27. The van der Waals surface area contributed by atoms with Gasteiger partial charge < -0.3 is 4.90 Å². The zero-order valence-corrected chi connectivity index (χ0v) is 12.9. The van der Waals surface area contributed by atoms with E-state index in [1.807, 2.05) is 6.92 Å². The van der Waals surface area contributed by atoms with Gasteiger partial charge in [-0.25, -0.2) is 8.42 Å². The number of carbonyl (C=O) groups is 1. The first-order valence-corrected chi connectivity index (χ1v) is 8.79. The van der Waals surface area contributed by atoms with Crippen LogP contribution in [0.15, 0.2) is 11.4 Å². The Balaban J connectivity index is 2.86. The summed E-state index contributed by atoms with van der Waals surface area (Å²) in [5, 5.41) is 1.68. The first kappa shape index (κ1) is 15.5. The van der Waals surface area contributed by atoms with Gasteiger partial charge in [-0.3, -0.25) is 4.79 Å². The summed E-state index contributed by atoms with van der Waals surface area (Å²) in [6.07, 6.45) is 1.17. The van der Waals surface area contributed by atoms with Gasteiger partial charge in [0.1, 0.15) is 9.84 Å². The third kappa shape index (κ3) is 4.26. The molecule has 0 aliphatic heterocycles. The Morgan fingerprint density at radius 3 is 2.56 bits per heavy atom. The van der Waals surface area contributed by atoms with E-state index in [0.29, 0.717) is 16.4 Å². The van der Waals surface area contributed by atoms with Crippen LogP contribution < -0.4 is 0 Å². The molecule has 0 radical (unpaired) electrons. The molecule has 0 fully saturated rings. The predicted molar refractivity (Wildman–Crippen MR) is 75.2 cm³/mol. The summed E-state index contributed by atoms with van der Waals surface area (Å²) in [5.41, 5.74) is 0.507. The Kier molecular flexibility index (Phi) is 5.19. The van der Waals surface area contributed by atoms with Crippen molar-refractivity contribution in [3.05, 3.63) is 21.3 Å². The molecule has 0 saturated carbocycles. The van der Waals surface area contributed by atoms with Crippen LogP contribution in [0.4, 0.5) is 0 Å².